The van der Waals surface area contributed by atoms with Gasteiger partial charge < -0.3 is 8.98 Å². The molecule has 0 N–H and O–H groups in total. The molecule has 0 bridgehead atoms. The van der Waals surface area contributed by atoms with Crippen molar-refractivity contribution >= 4 is 22.6 Å². The minimum Gasteiger partial charge on any atom is -0.444 e. The Morgan fingerprint density at radius 3 is 2.68 bits per heavy atom. The van der Waals surface area contributed by atoms with Crippen LogP contribution in [0.4, 0.5) is 0 Å². The Hall–Kier alpha value is -1.81. The first-order chi connectivity index (χ1) is 9.19. The molecule has 0 amide bonds. The van der Waals surface area contributed by atoms with E-state index >= 15 is 0 Å². The molecule has 3 aromatic rings. The number of aromatic nitrogens is 3. The van der Waals surface area contributed by atoms with Crippen LogP contribution in [0.15, 0.2) is 28.7 Å². The maximum absolute atomic E-state index is 5.97. The predicted molar refractivity (Wildman–Crippen MR) is 74.4 cm³/mol. The highest BCUT2D eigenvalue weighted by molar-refractivity contribution is 6.16. The van der Waals surface area contributed by atoms with Crippen LogP contribution in [0.2, 0.25) is 0 Å². The van der Waals surface area contributed by atoms with Gasteiger partial charge in [-0.15, -0.1) is 11.6 Å². The van der Waals surface area contributed by atoms with Gasteiger partial charge in [-0.05, 0) is 26.0 Å². The summed E-state index contributed by atoms with van der Waals surface area (Å²) >= 11 is 5.97. The fourth-order valence-electron chi connectivity index (χ4n) is 2.15. The maximum atomic E-state index is 5.97. The lowest BCUT2D eigenvalue weighted by Crippen LogP contribution is -2.04. The van der Waals surface area contributed by atoms with Crippen molar-refractivity contribution in [3.05, 3.63) is 47.4 Å². The molecule has 4 nitrogen and oxygen atoms in total. The molecule has 19 heavy (non-hydrogen) atoms. The molecule has 3 rings (SSSR count). The Morgan fingerprint density at radius 2 is 2.00 bits per heavy atom. The fourth-order valence-corrected chi connectivity index (χ4v) is 2.35. The normalized spacial score (nSPS) is 11.3. The summed E-state index contributed by atoms with van der Waals surface area (Å²) in [5.41, 5.74) is 2.91. The third kappa shape index (κ3) is 2.12. The van der Waals surface area contributed by atoms with Gasteiger partial charge in [-0.25, -0.2) is 9.97 Å². The van der Waals surface area contributed by atoms with Crippen molar-refractivity contribution in [3.63, 3.8) is 0 Å². The van der Waals surface area contributed by atoms with Gasteiger partial charge in [0, 0.05) is 0 Å². The van der Waals surface area contributed by atoms with Crippen molar-refractivity contribution < 1.29 is 4.42 Å². The highest BCUT2D eigenvalue weighted by Crippen LogP contribution is 2.19. The molecule has 0 aliphatic carbocycles. The van der Waals surface area contributed by atoms with Crippen LogP contribution in [0.3, 0.4) is 0 Å². The lowest BCUT2D eigenvalue weighted by molar-refractivity contribution is 0.457. The van der Waals surface area contributed by atoms with Gasteiger partial charge in [0.2, 0.25) is 5.89 Å². The van der Waals surface area contributed by atoms with E-state index in [0.717, 1.165) is 28.3 Å². The molecule has 0 fully saturated rings. The van der Waals surface area contributed by atoms with Gasteiger partial charge in [-0.1, -0.05) is 12.1 Å². The predicted octanol–water partition coefficient (Wildman–Crippen LogP) is 3.43. The highest BCUT2D eigenvalue weighted by Gasteiger charge is 2.13. The van der Waals surface area contributed by atoms with E-state index in [1.165, 1.54) is 0 Å². The number of halogens is 1. The van der Waals surface area contributed by atoms with Crippen LogP contribution in [0.25, 0.3) is 11.0 Å². The molecule has 0 unspecified atom stereocenters. The van der Waals surface area contributed by atoms with Crippen LogP contribution in [0, 0.1) is 13.8 Å². The molecular weight excluding hydrogens is 262 g/mol. The lowest BCUT2D eigenvalue weighted by Gasteiger charge is -2.04. The number of fused-ring (bicyclic) bond motifs is 1. The summed E-state index contributed by atoms with van der Waals surface area (Å²) < 4.78 is 7.68. The van der Waals surface area contributed by atoms with Gasteiger partial charge in [-0.2, -0.15) is 0 Å². The minimum atomic E-state index is 0.368. The third-order valence-electron chi connectivity index (χ3n) is 3.22. The molecule has 2 heterocycles. The fraction of sp³-hybridized carbons (Fsp3) is 0.286. The number of para-hydroxylation sites is 2. The quantitative estimate of drug-likeness (QED) is 0.688. The standard InChI is InChI=1S/C14H14ClN3O/c1-9-10(2)19-14(16-9)8-18-12-6-4-3-5-11(12)17-13(18)7-15/h3-6H,7-8H2,1-2H3. The molecule has 0 spiro atoms. The Labute approximate surface area is 116 Å². The summed E-state index contributed by atoms with van der Waals surface area (Å²) in [5.74, 6) is 2.74. The summed E-state index contributed by atoms with van der Waals surface area (Å²) in [5, 5.41) is 0. The van der Waals surface area contributed by atoms with Crippen LogP contribution >= 0.6 is 11.6 Å². The van der Waals surface area contributed by atoms with E-state index in [4.69, 9.17) is 16.0 Å². The zero-order valence-electron chi connectivity index (χ0n) is 10.9. The van der Waals surface area contributed by atoms with Gasteiger partial charge in [0.15, 0.2) is 0 Å². The van der Waals surface area contributed by atoms with Crippen LogP contribution in [0.5, 0.6) is 0 Å². The van der Waals surface area contributed by atoms with E-state index in [1.54, 1.807) is 0 Å². The number of benzene rings is 1. The third-order valence-corrected chi connectivity index (χ3v) is 3.46. The molecule has 5 heteroatoms. The smallest absolute Gasteiger partial charge is 0.214 e. The first-order valence-corrected chi connectivity index (χ1v) is 6.65. The van der Waals surface area contributed by atoms with Crippen molar-refractivity contribution in [2.45, 2.75) is 26.3 Å². The molecular formula is C14H14ClN3O. The Morgan fingerprint density at radius 1 is 1.21 bits per heavy atom. The second-order valence-electron chi connectivity index (χ2n) is 4.49. The topological polar surface area (TPSA) is 43.9 Å². The summed E-state index contributed by atoms with van der Waals surface area (Å²) in [6.45, 7) is 4.41. The number of nitrogens with zero attached hydrogens (tertiary/aromatic N) is 3. The molecule has 0 aliphatic heterocycles. The monoisotopic (exact) mass is 275 g/mol. The number of alkyl halides is 1. The van der Waals surface area contributed by atoms with E-state index in [2.05, 4.69) is 9.97 Å². The van der Waals surface area contributed by atoms with Gasteiger partial charge in [0.25, 0.3) is 0 Å². The van der Waals surface area contributed by atoms with Crippen molar-refractivity contribution in [1.82, 2.24) is 14.5 Å². The van der Waals surface area contributed by atoms with Crippen LogP contribution in [-0.4, -0.2) is 14.5 Å². The average molecular weight is 276 g/mol. The Bertz CT molecular complexity index is 710. The molecule has 98 valence electrons. The minimum absolute atomic E-state index is 0.368. The largest absolute Gasteiger partial charge is 0.444 e. The average Bonchev–Trinajstić information content (AvgIpc) is 2.92. The van der Waals surface area contributed by atoms with Crippen molar-refractivity contribution in [2.24, 2.45) is 0 Å². The second kappa shape index (κ2) is 4.70. The summed E-state index contributed by atoms with van der Waals surface area (Å²) in [6.07, 6.45) is 0. The first-order valence-electron chi connectivity index (χ1n) is 6.12. The Kier molecular flexibility index (Phi) is 3.03. The van der Waals surface area contributed by atoms with Crippen LogP contribution in [0.1, 0.15) is 23.2 Å². The SMILES string of the molecule is Cc1nc(Cn2c(CCl)nc3ccccc32)oc1C. The van der Waals surface area contributed by atoms with Crippen molar-refractivity contribution in [1.29, 1.82) is 0 Å². The molecule has 0 radical (unpaired) electrons. The summed E-state index contributed by atoms with van der Waals surface area (Å²) in [6, 6.07) is 7.97. The zero-order valence-corrected chi connectivity index (χ0v) is 11.6. The highest BCUT2D eigenvalue weighted by atomic mass is 35.5. The van der Waals surface area contributed by atoms with E-state index in [-0.39, 0.29) is 0 Å². The van der Waals surface area contributed by atoms with Gasteiger partial charge in [-0.3, -0.25) is 0 Å². The molecule has 0 aliphatic rings. The number of rotatable bonds is 3. The number of hydrogen-bond donors (Lipinski definition) is 0. The number of hydrogen-bond acceptors (Lipinski definition) is 3. The summed E-state index contributed by atoms with van der Waals surface area (Å²) in [7, 11) is 0. The van der Waals surface area contributed by atoms with Crippen LogP contribution < -0.4 is 0 Å². The van der Waals surface area contributed by atoms with E-state index < -0.39 is 0 Å². The van der Waals surface area contributed by atoms with Gasteiger partial charge >= 0.3 is 0 Å². The van der Waals surface area contributed by atoms with Gasteiger partial charge in [0.1, 0.15) is 18.1 Å². The molecule has 0 saturated heterocycles. The molecule has 0 saturated carbocycles. The number of oxazole rings is 1. The maximum Gasteiger partial charge on any atom is 0.214 e. The lowest BCUT2D eigenvalue weighted by atomic mass is 10.3. The zero-order chi connectivity index (χ0) is 13.4. The molecule has 1 aromatic carbocycles. The van der Waals surface area contributed by atoms with Crippen molar-refractivity contribution in [2.75, 3.05) is 0 Å². The van der Waals surface area contributed by atoms with E-state index in [9.17, 15) is 0 Å². The second-order valence-corrected chi connectivity index (χ2v) is 4.75. The molecule has 0 atom stereocenters. The number of aryl methyl sites for hydroxylation is 2. The van der Waals surface area contributed by atoms with Gasteiger partial charge in [0.05, 0.1) is 22.6 Å². The first kappa shape index (κ1) is 12.2. The Balaban J connectivity index is 2.08. The summed E-state index contributed by atoms with van der Waals surface area (Å²) in [4.78, 5) is 8.93. The van der Waals surface area contributed by atoms with E-state index in [0.29, 0.717) is 18.3 Å². The van der Waals surface area contributed by atoms with Crippen LogP contribution in [-0.2, 0) is 12.4 Å². The van der Waals surface area contributed by atoms with E-state index in [1.807, 2.05) is 42.7 Å². The number of imidazole rings is 1. The molecule has 2 aromatic heterocycles. The van der Waals surface area contributed by atoms with Crippen molar-refractivity contribution in [3.8, 4) is 0 Å².